The third-order valence-corrected chi connectivity index (χ3v) is 3.29. The molecule has 0 aliphatic heterocycles. The molecule has 0 saturated heterocycles. The van der Waals surface area contributed by atoms with Crippen LogP contribution >= 0.6 is 11.8 Å². The molecular formula is C13H15N3S. The number of nitrogens with two attached hydrogens (primary N) is 1. The summed E-state index contributed by atoms with van der Waals surface area (Å²) in [4.78, 5) is 9.78. The van der Waals surface area contributed by atoms with E-state index >= 15 is 0 Å². The van der Waals surface area contributed by atoms with Gasteiger partial charge in [0.15, 0.2) is 5.16 Å². The van der Waals surface area contributed by atoms with Gasteiger partial charge in [-0.3, -0.25) is 0 Å². The van der Waals surface area contributed by atoms with E-state index in [1.807, 2.05) is 45.0 Å². The predicted molar refractivity (Wildman–Crippen MR) is 71.2 cm³/mol. The van der Waals surface area contributed by atoms with Gasteiger partial charge in [0.2, 0.25) is 0 Å². The van der Waals surface area contributed by atoms with Crippen LogP contribution < -0.4 is 5.73 Å². The van der Waals surface area contributed by atoms with Crippen LogP contribution in [0.4, 0.5) is 5.69 Å². The summed E-state index contributed by atoms with van der Waals surface area (Å²) in [6, 6.07) is 7.98. The highest BCUT2D eigenvalue weighted by Gasteiger charge is 2.05. The Balaban J connectivity index is 2.31. The molecule has 0 spiro atoms. The average molecular weight is 245 g/mol. The van der Waals surface area contributed by atoms with Crippen molar-refractivity contribution in [2.45, 2.75) is 30.8 Å². The number of aryl methyl sites for hydroxylation is 3. The maximum atomic E-state index is 5.97. The van der Waals surface area contributed by atoms with Gasteiger partial charge in [0.25, 0.3) is 0 Å². The first-order chi connectivity index (χ1) is 8.04. The Kier molecular flexibility index (Phi) is 3.33. The third-order valence-electron chi connectivity index (χ3n) is 2.33. The fourth-order valence-corrected chi connectivity index (χ4v) is 2.49. The standard InChI is InChI=1S/C13H15N3S/c1-8-4-5-12(11(14)6-8)17-13-15-9(2)7-10(3)16-13/h4-7H,14H2,1-3H3. The van der Waals surface area contributed by atoms with Crippen LogP contribution in [0.3, 0.4) is 0 Å². The van der Waals surface area contributed by atoms with Crippen LogP contribution in [0.2, 0.25) is 0 Å². The highest BCUT2D eigenvalue weighted by Crippen LogP contribution is 2.30. The number of nitrogen functional groups attached to an aromatic ring is 1. The minimum atomic E-state index is 0.748. The van der Waals surface area contributed by atoms with Crippen LogP contribution in [0.15, 0.2) is 34.3 Å². The average Bonchev–Trinajstić information content (AvgIpc) is 2.21. The number of aromatic nitrogens is 2. The van der Waals surface area contributed by atoms with Crippen LogP contribution in [0.1, 0.15) is 17.0 Å². The summed E-state index contributed by atoms with van der Waals surface area (Å²) >= 11 is 1.50. The Morgan fingerprint density at radius 1 is 1.00 bits per heavy atom. The Labute approximate surface area is 105 Å². The van der Waals surface area contributed by atoms with E-state index < -0.39 is 0 Å². The molecule has 0 aliphatic rings. The highest BCUT2D eigenvalue weighted by molar-refractivity contribution is 7.99. The monoisotopic (exact) mass is 245 g/mol. The van der Waals surface area contributed by atoms with Gasteiger partial charge in [-0.25, -0.2) is 9.97 Å². The fourth-order valence-electron chi connectivity index (χ4n) is 1.60. The second kappa shape index (κ2) is 4.75. The number of benzene rings is 1. The van der Waals surface area contributed by atoms with Crippen molar-refractivity contribution >= 4 is 17.4 Å². The van der Waals surface area contributed by atoms with E-state index in [0.29, 0.717) is 0 Å². The number of nitrogens with zero attached hydrogens (tertiary/aromatic N) is 2. The number of hydrogen-bond donors (Lipinski definition) is 1. The fraction of sp³-hybridized carbons (Fsp3) is 0.231. The molecule has 2 rings (SSSR count). The van der Waals surface area contributed by atoms with Crippen molar-refractivity contribution in [1.82, 2.24) is 9.97 Å². The number of anilines is 1. The highest BCUT2D eigenvalue weighted by atomic mass is 32.2. The van der Waals surface area contributed by atoms with Gasteiger partial charge in [-0.2, -0.15) is 0 Å². The van der Waals surface area contributed by atoms with Gasteiger partial charge in [-0.15, -0.1) is 0 Å². The zero-order chi connectivity index (χ0) is 12.4. The topological polar surface area (TPSA) is 51.8 Å². The van der Waals surface area contributed by atoms with E-state index in [0.717, 1.165) is 32.7 Å². The van der Waals surface area contributed by atoms with Crippen LogP contribution in [-0.2, 0) is 0 Å². The normalized spacial score (nSPS) is 10.5. The second-order valence-electron chi connectivity index (χ2n) is 4.08. The quantitative estimate of drug-likeness (QED) is 0.652. The van der Waals surface area contributed by atoms with Gasteiger partial charge in [-0.05, 0) is 56.3 Å². The molecule has 1 aromatic carbocycles. The largest absolute Gasteiger partial charge is 0.398 e. The maximum absolute atomic E-state index is 5.97. The van der Waals surface area contributed by atoms with E-state index in [4.69, 9.17) is 5.73 Å². The summed E-state index contributed by atoms with van der Waals surface area (Å²) in [6.07, 6.45) is 0. The lowest BCUT2D eigenvalue weighted by molar-refractivity contribution is 0.902. The zero-order valence-electron chi connectivity index (χ0n) is 10.2. The summed E-state index contributed by atoms with van der Waals surface area (Å²) in [5.74, 6) is 0. The van der Waals surface area contributed by atoms with Crippen LogP contribution in [-0.4, -0.2) is 9.97 Å². The molecule has 17 heavy (non-hydrogen) atoms. The molecule has 0 atom stereocenters. The molecule has 0 amide bonds. The second-order valence-corrected chi connectivity index (χ2v) is 5.09. The van der Waals surface area contributed by atoms with E-state index in [-0.39, 0.29) is 0 Å². The Morgan fingerprint density at radius 2 is 1.65 bits per heavy atom. The van der Waals surface area contributed by atoms with Gasteiger partial charge in [0, 0.05) is 22.0 Å². The van der Waals surface area contributed by atoms with Gasteiger partial charge in [0.05, 0.1) is 0 Å². The molecule has 0 unspecified atom stereocenters. The van der Waals surface area contributed by atoms with Crippen molar-refractivity contribution in [3.8, 4) is 0 Å². The van der Waals surface area contributed by atoms with Crippen LogP contribution in [0.25, 0.3) is 0 Å². The zero-order valence-corrected chi connectivity index (χ0v) is 11.0. The first-order valence-electron chi connectivity index (χ1n) is 5.41. The Morgan fingerprint density at radius 3 is 2.24 bits per heavy atom. The maximum Gasteiger partial charge on any atom is 0.192 e. The van der Waals surface area contributed by atoms with Crippen LogP contribution in [0.5, 0.6) is 0 Å². The molecule has 0 radical (unpaired) electrons. The molecule has 1 aromatic heterocycles. The summed E-state index contributed by atoms with van der Waals surface area (Å²) in [5.41, 5.74) is 9.86. The molecular weight excluding hydrogens is 230 g/mol. The summed E-state index contributed by atoms with van der Waals surface area (Å²) in [5, 5.41) is 0.748. The van der Waals surface area contributed by atoms with Crippen molar-refractivity contribution in [3.63, 3.8) is 0 Å². The van der Waals surface area contributed by atoms with E-state index in [1.54, 1.807) is 0 Å². The van der Waals surface area contributed by atoms with Gasteiger partial charge < -0.3 is 5.73 Å². The molecule has 2 aromatic rings. The lowest BCUT2D eigenvalue weighted by Crippen LogP contribution is -1.94. The van der Waals surface area contributed by atoms with Crippen molar-refractivity contribution in [3.05, 3.63) is 41.2 Å². The summed E-state index contributed by atoms with van der Waals surface area (Å²) in [6.45, 7) is 5.96. The molecule has 0 saturated carbocycles. The summed E-state index contributed by atoms with van der Waals surface area (Å²) < 4.78 is 0. The summed E-state index contributed by atoms with van der Waals surface area (Å²) in [7, 11) is 0. The number of hydrogen-bond acceptors (Lipinski definition) is 4. The van der Waals surface area contributed by atoms with E-state index in [9.17, 15) is 0 Å². The molecule has 2 N–H and O–H groups in total. The molecule has 88 valence electrons. The lowest BCUT2D eigenvalue weighted by Gasteiger charge is -2.06. The van der Waals surface area contributed by atoms with Gasteiger partial charge >= 0.3 is 0 Å². The molecule has 1 heterocycles. The van der Waals surface area contributed by atoms with Crippen molar-refractivity contribution in [1.29, 1.82) is 0 Å². The van der Waals surface area contributed by atoms with Gasteiger partial charge in [0.1, 0.15) is 0 Å². The van der Waals surface area contributed by atoms with Crippen molar-refractivity contribution in [2.75, 3.05) is 5.73 Å². The SMILES string of the molecule is Cc1ccc(Sc2nc(C)cc(C)n2)c(N)c1. The van der Waals surface area contributed by atoms with E-state index in [1.165, 1.54) is 11.8 Å². The first kappa shape index (κ1) is 11.9. The van der Waals surface area contributed by atoms with Gasteiger partial charge in [-0.1, -0.05) is 6.07 Å². The Hall–Kier alpha value is -1.55. The lowest BCUT2D eigenvalue weighted by atomic mass is 10.2. The minimum absolute atomic E-state index is 0.748. The van der Waals surface area contributed by atoms with Crippen molar-refractivity contribution in [2.24, 2.45) is 0 Å². The smallest absolute Gasteiger partial charge is 0.192 e. The number of rotatable bonds is 2. The molecule has 0 fully saturated rings. The van der Waals surface area contributed by atoms with Crippen LogP contribution in [0, 0.1) is 20.8 Å². The third kappa shape index (κ3) is 2.97. The van der Waals surface area contributed by atoms with Crippen molar-refractivity contribution < 1.29 is 0 Å². The molecule has 0 bridgehead atoms. The minimum Gasteiger partial charge on any atom is -0.398 e. The first-order valence-corrected chi connectivity index (χ1v) is 6.22. The molecule has 4 heteroatoms. The molecule has 0 aliphatic carbocycles. The molecule has 3 nitrogen and oxygen atoms in total. The predicted octanol–water partition coefficient (Wildman–Crippen LogP) is 3.14. The Bertz CT molecular complexity index is 532. The van der Waals surface area contributed by atoms with E-state index in [2.05, 4.69) is 9.97 Å².